The number of hydrogen-bond donors (Lipinski definition) is 1. The average Bonchev–Trinajstić information content (AvgIpc) is 3.33. The van der Waals surface area contributed by atoms with E-state index in [-0.39, 0.29) is 18.3 Å². The molecule has 0 aliphatic carbocycles. The SMILES string of the molecule is CCOC(=O)c1sc(NC(=O)CCc2nc(-c3cccs3)no2)cc1C. The van der Waals surface area contributed by atoms with Crippen LogP contribution in [0.1, 0.15) is 34.5 Å². The van der Waals surface area contributed by atoms with Crippen molar-refractivity contribution >= 4 is 39.6 Å². The number of rotatable bonds is 7. The van der Waals surface area contributed by atoms with Crippen molar-refractivity contribution in [2.75, 3.05) is 11.9 Å². The molecule has 0 unspecified atom stereocenters. The van der Waals surface area contributed by atoms with E-state index >= 15 is 0 Å². The molecule has 0 atom stereocenters. The molecule has 3 aromatic heterocycles. The molecule has 1 amide bonds. The Balaban J connectivity index is 1.55. The van der Waals surface area contributed by atoms with E-state index in [0.717, 1.165) is 10.4 Å². The summed E-state index contributed by atoms with van der Waals surface area (Å²) < 4.78 is 10.2. The average molecular weight is 391 g/mol. The largest absolute Gasteiger partial charge is 0.462 e. The van der Waals surface area contributed by atoms with Crippen molar-refractivity contribution in [3.63, 3.8) is 0 Å². The first-order chi connectivity index (χ1) is 12.6. The number of amides is 1. The van der Waals surface area contributed by atoms with Crippen molar-refractivity contribution < 1.29 is 18.8 Å². The third-order valence-corrected chi connectivity index (χ3v) is 5.42. The van der Waals surface area contributed by atoms with Crippen LogP contribution >= 0.6 is 22.7 Å². The van der Waals surface area contributed by atoms with Gasteiger partial charge >= 0.3 is 5.97 Å². The number of aryl methyl sites for hydroxylation is 2. The molecule has 0 bridgehead atoms. The summed E-state index contributed by atoms with van der Waals surface area (Å²) in [5.74, 6) is 0.390. The van der Waals surface area contributed by atoms with Crippen LogP contribution in [0.4, 0.5) is 5.00 Å². The van der Waals surface area contributed by atoms with Gasteiger partial charge in [-0.1, -0.05) is 11.2 Å². The third-order valence-electron chi connectivity index (χ3n) is 3.42. The summed E-state index contributed by atoms with van der Waals surface area (Å²) in [5.41, 5.74) is 0.779. The van der Waals surface area contributed by atoms with E-state index < -0.39 is 0 Å². The summed E-state index contributed by atoms with van der Waals surface area (Å²) in [5, 5.41) is 9.25. The van der Waals surface area contributed by atoms with E-state index in [0.29, 0.717) is 34.6 Å². The van der Waals surface area contributed by atoms with Gasteiger partial charge in [0.25, 0.3) is 0 Å². The lowest BCUT2D eigenvalue weighted by atomic mass is 10.3. The highest BCUT2D eigenvalue weighted by molar-refractivity contribution is 7.18. The van der Waals surface area contributed by atoms with Gasteiger partial charge in [-0.2, -0.15) is 4.98 Å². The van der Waals surface area contributed by atoms with Gasteiger partial charge < -0.3 is 14.6 Å². The van der Waals surface area contributed by atoms with E-state index in [1.807, 2.05) is 24.4 Å². The van der Waals surface area contributed by atoms with Crippen LogP contribution < -0.4 is 5.32 Å². The number of anilines is 1. The fourth-order valence-corrected chi connectivity index (χ4v) is 3.86. The zero-order valence-electron chi connectivity index (χ0n) is 14.3. The maximum atomic E-state index is 12.1. The smallest absolute Gasteiger partial charge is 0.348 e. The fourth-order valence-electron chi connectivity index (χ4n) is 2.23. The first kappa shape index (κ1) is 18.3. The Morgan fingerprint density at radius 1 is 1.38 bits per heavy atom. The molecule has 0 saturated carbocycles. The monoisotopic (exact) mass is 391 g/mol. The van der Waals surface area contributed by atoms with Crippen LogP contribution in [0.15, 0.2) is 28.1 Å². The minimum atomic E-state index is -0.373. The standard InChI is InChI=1S/C17H17N3O4S2/c1-3-23-17(22)15-10(2)9-14(26-15)18-12(21)6-7-13-19-16(20-24-13)11-5-4-8-25-11/h4-5,8-9H,3,6-7H2,1-2H3,(H,18,21). The van der Waals surface area contributed by atoms with Crippen LogP contribution in [0.25, 0.3) is 10.7 Å². The highest BCUT2D eigenvalue weighted by atomic mass is 32.1. The minimum absolute atomic E-state index is 0.183. The topological polar surface area (TPSA) is 94.3 Å². The number of carbonyl (C=O) groups is 2. The van der Waals surface area contributed by atoms with Crippen molar-refractivity contribution in [1.29, 1.82) is 0 Å². The first-order valence-electron chi connectivity index (χ1n) is 8.00. The van der Waals surface area contributed by atoms with Gasteiger partial charge in [-0.25, -0.2) is 4.79 Å². The number of hydrogen-bond acceptors (Lipinski definition) is 8. The molecule has 9 heteroatoms. The third kappa shape index (κ3) is 4.36. The molecule has 0 aliphatic rings. The zero-order chi connectivity index (χ0) is 18.5. The maximum Gasteiger partial charge on any atom is 0.348 e. The molecule has 136 valence electrons. The Kier molecular flexibility index (Phi) is 5.79. The van der Waals surface area contributed by atoms with E-state index in [1.54, 1.807) is 13.0 Å². The van der Waals surface area contributed by atoms with Gasteiger partial charge in [0, 0.05) is 12.8 Å². The molecule has 7 nitrogen and oxygen atoms in total. The molecule has 0 aliphatic heterocycles. The van der Waals surface area contributed by atoms with Crippen LogP contribution in [0, 0.1) is 6.92 Å². The lowest BCUT2D eigenvalue weighted by Gasteiger charge is -2.00. The van der Waals surface area contributed by atoms with Crippen molar-refractivity contribution in [2.24, 2.45) is 0 Å². The number of aromatic nitrogens is 2. The quantitative estimate of drug-likeness (QED) is 0.614. The summed E-state index contributed by atoms with van der Waals surface area (Å²) in [7, 11) is 0. The van der Waals surface area contributed by atoms with Gasteiger partial charge in [0.2, 0.25) is 17.6 Å². The Hall–Kier alpha value is -2.52. The Labute approximate surface area is 158 Å². The van der Waals surface area contributed by atoms with Gasteiger partial charge in [0.05, 0.1) is 16.5 Å². The van der Waals surface area contributed by atoms with E-state index in [1.165, 1.54) is 22.7 Å². The van der Waals surface area contributed by atoms with Gasteiger partial charge in [0.1, 0.15) is 4.88 Å². The van der Waals surface area contributed by atoms with Crippen molar-refractivity contribution in [3.05, 3.63) is 39.9 Å². The van der Waals surface area contributed by atoms with E-state index in [2.05, 4.69) is 15.5 Å². The molecule has 0 saturated heterocycles. The summed E-state index contributed by atoms with van der Waals surface area (Å²) in [6, 6.07) is 5.58. The lowest BCUT2D eigenvalue weighted by Crippen LogP contribution is -2.11. The summed E-state index contributed by atoms with van der Waals surface area (Å²) >= 11 is 2.73. The van der Waals surface area contributed by atoms with Crippen LogP contribution in [-0.4, -0.2) is 28.6 Å². The Morgan fingerprint density at radius 2 is 2.23 bits per heavy atom. The lowest BCUT2D eigenvalue weighted by molar-refractivity contribution is -0.116. The number of esters is 1. The summed E-state index contributed by atoms with van der Waals surface area (Å²) in [6.07, 6.45) is 0.553. The van der Waals surface area contributed by atoms with Gasteiger partial charge in [-0.15, -0.1) is 22.7 Å². The highest BCUT2D eigenvalue weighted by Crippen LogP contribution is 2.27. The van der Waals surface area contributed by atoms with Crippen LogP contribution in [-0.2, 0) is 16.0 Å². The number of ether oxygens (including phenoxy) is 1. The van der Waals surface area contributed by atoms with E-state index in [9.17, 15) is 9.59 Å². The zero-order valence-corrected chi connectivity index (χ0v) is 15.9. The van der Waals surface area contributed by atoms with Crippen molar-refractivity contribution in [2.45, 2.75) is 26.7 Å². The van der Waals surface area contributed by atoms with Gasteiger partial charge in [0.15, 0.2) is 0 Å². The number of nitrogens with zero attached hydrogens (tertiary/aromatic N) is 2. The second-order valence-electron chi connectivity index (χ2n) is 5.38. The molecule has 0 fully saturated rings. The van der Waals surface area contributed by atoms with Crippen LogP contribution in [0.5, 0.6) is 0 Å². The fraction of sp³-hybridized carbons (Fsp3) is 0.294. The van der Waals surface area contributed by atoms with Crippen LogP contribution in [0.2, 0.25) is 0 Å². The Morgan fingerprint density at radius 3 is 2.96 bits per heavy atom. The Bertz CT molecular complexity index is 899. The predicted octanol–water partition coefficient (Wildman–Crippen LogP) is 3.92. The number of thiophene rings is 2. The maximum absolute atomic E-state index is 12.1. The molecule has 0 spiro atoms. The second kappa shape index (κ2) is 8.24. The molecule has 3 rings (SSSR count). The van der Waals surface area contributed by atoms with E-state index in [4.69, 9.17) is 9.26 Å². The molecular formula is C17H17N3O4S2. The van der Waals surface area contributed by atoms with Crippen molar-refractivity contribution in [3.8, 4) is 10.7 Å². The molecule has 26 heavy (non-hydrogen) atoms. The minimum Gasteiger partial charge on any atom is -0.462 e. The van der Waals surface area contributed by atoms with Crippen molar-refractivity contribution in [1.82, 2.24) is 10.1 Å². The summed E-state index contributed by atoms with van der Waals surface area (Å²) in [6.45, 7) is 3.88. The molecule has 0 aromatic carbocycles. The predicted molar refractivity (Wildman–Crippen MR) is 99.6 cm³/mol. The van der Waals surface area contributed by atoms with Gasteiger partial charge in [-0.05, 0) is 36.9 Å². The first-order valence-corrected chi connectivity index (χ1v) is 9.70. The molecule has 1 N–H and O–H groups in total. The highest BCUT2D eigenvalue weighted by Gasteiger charge is 2.16. The molecule has 0 radical (unpaired) electrons. The molecule has 3 heterocycles. The normalized spacial score (nSPS) is 10.7. The second-order valence-corrected chi connectivity index (χ2v) is 7.38. The number of nitrogens with one attached hydrogen (secondary N) is 1. The number of carbonyl (C=O) groups excluding carboxylic acids is 2. The molecular weight excluding hydrogens is 374 g/mol. The van der Waals surface area contributed by atoms with Gasteiger partial charge in [-0.3, -0.25) is 4.79 Å². The van der Waals surface area contributed by atoms with Crippen LogP contribution in [0.3, 0.4) is 0 Å². The summed E-state index contributed by atoms with van der Waals surface area (Å²) in [4.78, 5) is 29.7. The molecule has 3 aromatic rings.